The number of rotatable bonds is 14. The second kappa shape index (κ2) is 18.4. The molecule has 7 aliphatic rings. The van der Waals surface area contributed by atoms with Crippen LogP contribution in [0.15, 0.2) is 79.0 Å². The maximum Gasteiger partial charge on any atom is 0.270 e. The van der Waals surface area contributed by atoms with Crippen molar-refractivity contribution in [2.45, 2.75) is 96.7 Å². The molecule has 13 rings (SSSR count). The number of para-hydroxylation sites is 1. The average Bonchev–Trinajstić information content (AvgIpc) is 4.03. The number of pyridine rings is 1. The van der Waals surface area contributed by atoms with Crippen molar-refractivity contribution < 1.29 is 28.8 Å². The molecule has 5 fully saturated rings. The Balaban J connectivity index is 0.757. The average molecular weight is 985 g/mol. The van der Waals surface area contributed by atoms with Gasteiger partial charge in [0.15, 0.2) is 5.13 Å². The third-order valence-corrected chi connectivity index (χ3v) is 17.1. The topological polar surface area (TPSA) is 201 Å². The van der Waals surface area contributed by atoms with Gasteiger partial charge in [-0.05, 0) is 148 Å². The van der Waals surface area contributed by atoms with Gasteiger partial charge < -0.3 is 15.5 Å². The summed E-state index contributed by atoms with van der Waals surface area (Å²) in [5.74, 6) is 0.379. The number of benzene rings is 3. The highest BCUT2D eigenvalue weighted by atomic mass is 32.1. The van der Waals surface area contributed by atoms with E-state index >= 15 is 0 Å². The van der Waals surface area contributed by atoms with E-state index in [1.165, 1.54) is 49.9 Å². The van der Waals surface area contributed by atoms with Gasteiger partial charge in [-0.2, -0.15) is 5.10 Å². The first-order valence-electron chi connectivity index (χ1n) is 25.4. The Morgan fingerprint density at radius 3 is 2.38 bits per heavy atom. The molecule has 3 aromatic heterocycles. The van der Waals surface area contributed by atoms with E-state index in [0.717, 1.165) is 61.8 Å². The summed E-state index contributed by atoms with van der Waals surface area (Å²) in [6, 6.07) is 21.6. The third-order valence-electron chi connectivity index (χ3n) is 16.2. The summed E-state index contributed by atoms with van der Waals surface area (Å²) < 4.78 is 3.17. The number of hydrogen-bond acceptors (Lipinski definition) is 12. The van der Waals surface area contributed by atoms with Crippen molar-refractivity contribution in [3.8, 4) is 11.1 Å². The van der Waals surface area contributed by atoms with Crippen LogP contribution in [0.25, 0.3) is 21.3 Å². The molecule has 6 aromatic rings. The van der Waals surface area contributed by atoms with Crippen LogP contribution in [0.2, 0.25) is 0 Å². The van der Waals surface area contributed by atoms with Gasteiger partial charge >= 0.3 is 0 Å². The second-order valence-corrected chi connectivity index (χ2v) is 21.9. The molecule has 4 saturated carbocycles. The van der Waals surface area contributed by atoms with Gasteiger partial charge in [0, 0.05) is 67.2 Å². The molecule has 1 saturated heterocycles. The molecule has 72 heavy (non-hydrogen) atoms. The summed E-state index contributed by atoms with van der Waals surface area (Å²) in [5, 5.41) is 17.3. The van der Waals surface area contributed by atoms with Crippen LogP contribution in [0.1, 0.15) is 123 Å². The van der Waals surface area contributed by atoms with Gasteiger partial charge in [-0.1, -0.05) is 41.7 Å². The van der Waals surface area contributed by atoms with Crippen molar-refractivity contribution in [2.24, 2.45) is 23.2 Å². The number of imide groups is 2. The number of hydrogen-bond donors (Lipinski definition) is 4. The molecule has 3 aliphatic heterocycles. The molecule has 16 nitrogen and oxygen atoms in total. The van der Waals surface area contributed by atoms with E-state index in [-0.39, 0.29) is 41.2 Å². The number of amides is 6. The number of anilines is 3. The number of nitrogens with one attached hydrogen (secondary N) is 4. The molecule has 368 valence electrons. The summed E-state index contributed by atoms with van der Waals surface area (Å²) in [5.41, 5.74) is 7.51. The number of thiazole rings is 1. The molecular formula is C55H56N10O6S. The summed E-state index contributed by atoms with van der Waals surface area (Å²) in [6.45, 7) is 4.88. The van der Waals surface area contributed by atoms with Crippen LogP contribution < -0.4 is 26.2 Å². The third kappa shape index (κ3) is 8.40. The maximum absolute atomic E-state index is 14.5. The summed E-state index contributed by atoms with van der Waals surface area (Å²) in [4.78, 5) is 92.7. The lowest BCUT2D eigenvalue weighted by molar-refractivity contribution is -0.136. The first-order chi connectivity index (χ1) is 35.0. The number of piperidine rings is 1. The van der Waals surface area contributed by atoms with Crippen LogP contribution in [-0.4, -0.2) is 85.8 Å². The van der Waals surface area contributed by atoms with Crippen molar-refractivity contribution in [1.82, 2.24) is 35.3 Å². The highest BCUT2D eigenvalue weighted by Crippen LogP contribution is 2.60. The van der Waals surface area contributed by atoms with Gasteiger partial charge in [0.25, 0.3) is 23.6 Å². The van der Waals surface area contributed by atoms with E-state index in [4.69, 9.17) is 10.1 Å². The molecule has 3 aromatic carbocycles. The van der Waals surface area contributed by atoms with E-state index in [1.54, 1.807) is 18.2 Å². The Morgan fingerprint density at radius 1 is 0.806 bits per heavy atom. The zero-order chi connectivity index (χ0) is 49.3. The van der Waals surface area contributed by atoms with Gasteiger partial charge in [-0.25, -0.2) is 9.97 Å². The zero-order valence-corrected chi connectivity index (χ0v) is 41.0. The van der Waals surface area contributed by atoms with Gasteiger partial charge in [0.1, 0.15) is 17.6 Å². The second-order valence-electron chi connectivity index (χ2n) is 20.9. The fraction of sp³-hybridized carbons (Fsp3) is 0.400. The zero-order valence-electron chi connectivity index (χ0n) is 40.2. The fourth-order valence-corrected chi connectivity index (χ4v) is 14.0. The Bertz CT molecular complexity index is 3160. The summed E-state index contributed by atoms with van der Waals surface area (Å²) in [7, 11) is 0. The summed E-state index contributed by atoms with van der Waals surface area (Å²) >= 11 is 1.44. The lowest BCUT2D eigenvalue weighted by atomic mass is 9.49. The van der Waals surface area contributed by atoms with Crippen molar-refractivity contribution in [3.05, 3.63) is 118 Å². The van der Waals surface area contributed by atoms with E-state index in [9.17, 15) is 28.8 Å². The fourth-order valence-electron chi connectivity index (χ4n) is 13.2. The van der Waals surface area contributed by atoms with Crippen molar-refractivity contribution in [3.63, 3.8) is 0 Å². The SMILES string of the molecule is Cc1c(-c2ccc(N3CCc4cccc(C(=O)Nc5nc6ccccc6s5)c4C3)nc2C(=O)NCCCCNc2cccc3c2C(=O)N(C2CCC(=O)NC2=O)C3=O)cnn1CC12CC3CC(CC(C3)C1)C2. The highest BCUT2D eigenvalue weighted by molar-refractivity contribution is 7.22. The van der Waals surface area contributed by atoms with E-state index < -0.39 is 29.7 Å². The van der Waals surface area contributed by atoms with Gasteiger partial charge in [-0.15, -0.1) is 0 Å². The Labute approximate surface area is 420 Å². The molecule has 0 spiro atoms. The lowest BCUT2D eigenvalue weighted by Crippen LogP contribution is -2.54. The molecule has 17 heteroatoms. The molecule has 6 heterocycles. The molecule has 1 atom stereocenters. The summed E-state index contributed by atoms with van der Waals surface area (Å²) in [6.07, 6.45) is 11.9. The van der Waals surface area contributed by atoms with Crippen LogP contribution in [0.3, 0.4) is 0 Å². The largest absolute Gasteiger partial charge is 0.384 e. The van der Waals surface area contributed by atoms with E-state index in [1.807, 2.05) is 54.7 Å². The molecule has 4 aliphatic carbocycles. The molecule has 4 N–H and O–H groups in total. The maximum atomic E-state index is 14.5. The minimum atomic E-state index is -1.05. The minimum Gasteiger partial charge on any atom is -0.384 e. The van der Waals surface area contributed by atoms with Crippen molar-refractivity contribution in [1.29, 1.82) is 0 Å². The van der Waals surface area contributed by atoms with Crippen LogP contribution >= 0.6 is 11.3 Å². The number of unbranched alkanes of at least 4 members (excludes halogenated alkanes) is 1. The molecule has 0 radical (unpaired) electrons. The Hall–Kier alpha value is -7.27. The molecule has 4 bridgehead atoms. The van der Waals surface area contributed by atoms with Crippen LogP contribution in [0.5, 0.6) is 0 Å². The number of carbonyl (C=O) groups excluding carboxylic acids is 6. The van der Waals surface area contributed by atoms with E-state index in [2.05, 4.69) is 48.8 Å². The Kier molecular flexibility index (Phi) is 11.7. The minimum absolute atomic E-state index is 0.0449. The molecule has 1 unspecified atom stereocenters. The lowest BCUT2D eigenvalue weighted by Gasteiger charge is -2.56. The van der Waals surface area contributed by atoms with Crippen LogP contribution in [0, 0.1) is 30.1 Å². The first kappa shape index (κ1) is 45.8. The monoisotopic (exact) mass is 984 g/mol. The van der Waals surface area contributed by atoms with Gasteiger partial charge in [0.2, 0.25) is 11.8 Å². The van der Waals surface area contributed by atoms with Gasteiger partial charge in [-0.3, -0.25) is 49.0 Å². The highest BCUT2D eigenvalue weighted by Gasteiger charge is 2.51. The molecule has 6 amide bonds. The predicted octanol–water partition coefficient (Wildman–Crippen LogP) is 7.92. The number of fused-ring (bicyclic) bond motifs is 3. The number of carbonyl (C=O) groups is 6. The van der Waals surface area contributed by atoms with E-state index in [0.29, 0.717) is 78.9 Å². The van der Waals surface area contributed by atoms with Crippen LogP contribution in [-0.2, 0) is 29.1 Å². The smallest absolute Gasteiger partial charge is 0.270 e. The van der Waals surface area contributed by atoms with Crippen molar-refractivity contribution in [2.75, 3.05) is 35.2 Å². The van der Waals surface area contributed by atoms with Crippen molar-refractivity contribution >= 4 is 73.6 Å². The predicted molar refractivity (Wildman–Crippen MR) is 273 cm³/mol. The van der Waals surface area contributed by atoms with Gasteiger partial charge in [0.05, 0.1) is 27.5 Å². The quantitative estimate of drug-likeness (QED) is 0.0611. The van der Waals surface area contributed by atoms with Crippen LogP contribution in [0.4, 0.5) is 16.6 Å². The number of nitrogens with zero attached hydrogens (tertiary/aromatic N) is 6. The standard InChI is InChI=1S/C55H56N10O6S/c1-31-39(28-58-64(31)30-55-25-32-22-33(26-55)24-34(23-32)27-55)36-14-16-45(63-21-18-35-8-6-9-37(40(35)29-63)49(67)62-54-59-41-11-2-3-13-44(41)72-54)60-48(36)51(69)57-20-5-4-19-56-42-12-7-10-38-47(42)53(71)65(52(38)70)43-15-17-46(66)61-50(43)68/h2-3,6-14,16,28,32-34,43,56H,4-5,15,17-27,29-30H2,1H3,(H,57,69)(H,59,62,67)(H,61,66,68). The normalized spacial score (nSPS) is 23.1. The molecular weight excluding hydrogens is 929 g/mol. The first-order valence-corrected chi connectivity index (χ1v) is 26.2. The number of aromatic nitrogens is 4. The Morgan fingerprint density at radius 2 is 1.58 bits per heavy atom.